The molecular formula is C22H23N5O6S2. The normalized spacial score (nSPS) is 14.1. The standard InChI is InChI=1S/C22H23N5O6S2/c1-12-6-7-16(15(8-12)18(28)13-4-2-3-5-13)25-20(31)27-21-23-9-14(34-21)11-35(32,33)22-24-10-17(26-22)19(29)30/h6-10,13H,2-5,11H2,1H3,(H,24,26)(H,29,30)(H2,23,25,27,31). The second-order valence-corrected chi connectivity index (χ2v) is 11.3. The van der Waals surface area contributed by atoms with E-state index in [2.05, 4.69) is 25.6 Å². The number of aromatic nitrogens is 3. The first-order chi connectivity index (χ1) is 16.6. The molecule has 2 aromatic heterocycles. The summed E-state index contributed by atoms with van der Waals surface area (Å²) in [7, 11) is -3.94. The van der Waals surface area contributed by atoms with Crippen LogP contribution in [0, 0.1) is 12.8 Å². The minimum Gasteiger partial charge on any atom is -0.476 e. The molecule has 1 aromatic carbocycles. The number of hydrogen-bond acceptors (Lipinski definition) is 8. The van der Waals surface area contributed by atoms with Crippen LogP contribution < -0.4 is 10.6 Å². The summed E-state index contributed by atoms with van der Waals surface area (Å²) in [5, 5.41) is 13.9. The number of amides is 2. The lowest BCUT2D eigenvalue weighted by molar-refractivity contribution is 0.0690. The molecular weight excluding hydrogens is 494 g/mol. The maximum Gasteiger partial charge on any atom is 0.356 e. The largest absolute Gasteiger partial charge is 0.476 e. The van der Waals surface area contributed by atoms with Crippen LogP contribution in [0.15, 0.2) is 35.7 Å². The van der Waals surface area contributed by atoms with Crippen molar-refractivity contribution in [2.45, 2.75) is 43.5 Å². The van der Waals surface area contributed by atoms with E-state index in [1.165, 1.54) is 6.20 Å². The molecule has 1 aliphatic rings. The minimum absolute atomic E-state index is 0.0206. The maximum absolute atomic E-state index is 13.0. The quantitative estimate of drug-likeness (QED) is 0.326. The minimum atomic E-state index is -3.94. The number of anilines is 2. The molecule has 0 spiro atoms. The number of carboxylic acids is 1. The van der Waals surface area contributed by atoms with Crippen molar-refractivity contribution >= 4 is 49.8 Å². The van der Waals surface area contributed by atoms with Gasteiger partial charge in [0.2, 0.25) is 15.0 Å². The van der Waals surface area contributed by atoms with Crippen LogP contribution in [-0.2, 0) is 15.6 Å². The highest BCUT2D eigenvalue weighted by Crippen LogP contribution is 2.31. The lowest BCUT2D eigenvalue weighted by Gasteiger charge is -2.14. The smallest absolute Gasteiger partial charge is 0.356 e. The molecule has 4 rings (SSSR count). The summed E-state index contributed by atoms with van der Waals surface area (Å²) < 4.78 is 25.0. The highest BCUT2D eigenvalue weighted by molar-refractivity contribution is 7.90. The number of aromatic carboxylic acids is 1. The topological polar surface area (TPSA) is 171 Å². The Bertz CT molecular complexity index is 1390. The number of carbonyl (C=O) groups excluding carboxylic acids is 2. The van der Waals surface area contributed by atoms with E-state index >= 15 is 0 Å². The van der Waals surface area contributed by atoms with Gasteiger partial charge in [-0.05, 0) is 31.9 Å². The van der Waals surface area contributed by atoms with Gasteiger partial charge >= 0.3 is 12.0 Å². The number of hydrogen-bond donors (Lipinski definition) is 4. The molecule has 1 saturated carbocycles. The molecule has 0 aliphatic heterocycles. The summed E-state index contributed by atoms with van der Waals surface area (Å²) in [5.41, 5.74) is 1.37. The van der Waals surface area contributed by atoms with E-state index in [4.69, 9.17) is 5.11 Å². The summed E-state index contributed by atoms with van der Waals surface area (Å²) in [5.74, 6) is -1.84. The van der Waals surface area contributed by atoms with Crippen molar-refractivity contribution in [3.8, 4) is 0 Å². The van der Waals surface area contributed by atoms with E-state index in [1.54, 1.807) is 18.2 Å². The Morgan fingerprint density at radius 2 is 1.94 bits per heavy atom. The van der Waals surface area contributed by atoms with Gasteiger partial charge in [-0.15, -0.1) is 11.3 Å². The van der Waals surface area contributed by atoms with Crippen LogP contribution in [0.5, 0.6) is 0 Å². The number of rotatable bonds is 8. The molecule has 11 nitrogen and oxygen atoms in total. The molecule has 1 aliphatic carbocycles. The average Bonchev–Trinajstić information content (AvgIpc) is 3.56. The monoisotopic (exact) mass is 517 g/mol. The number of carboxylic acid groups (broad SMARTS) is 1. The number of Topliss-reactive ketones (excluding diaryl/α,β-unsaturated/α-hetero) is 1. The van der Waals surface area contributed by atoms with Gasteiger partial charge in [-0.25, -0.2) is 28.0 Å². The van der Waals surface area contributed by atoms with Crippen molar-refractivity contribution in [1.82, 2.24) is 15.0 Å². The number of sulfone groups is 1. The Morgan fingerprint density at radius 1 is 1.20 bits per heavy atom. The van der Waals surface area contributed by atoms with Crippen LogP contribution in [-0.4, -0.2) is 46.3 Å². The number of benzene rings is 1. The maximum atomic E-state index is 13.0. The molecule has 1 fully saturated rings. The van der Waals surface area contributed by atoms with Crippen LogP contribution in [0.3, 0.4) is 0 Å². The fourth-order valence-corrected chi connectivity index (χ4v) is 6.26. The fourth-order valence-electron chi connectivity index (χ4n) is 3.89. The molecule has 2 heterocycles. The molecule has 0 radical (unpaired) electrons. The van der Waals surface area contributed by atoms with E-state index < -0.39 is 38.4 Å². The van der Waals surface area contributed by atoms with Crippen molar-refractivity contribution in [2.24, 2.45) is 5.92 Å². The first-order valence-electron chi connectivity index (χ1n) is 10.8. The molecule has 0 bridgehead atoms. The van der Waals surface area contributed by atoms with Gasteiger partial charge < -0.3 is 15.4 Å². The third-order valence-electron chi connectivity index (χ3n) is 5.59. The summed E-state index contributed by atoms with van der Waals surface area (Å²) >= 11 is 0.953. The second-order valence-electron chi connectivity index (χ2n) is 8.26. The number of carbonyl (C=O) groups is 3. The first-order valence-corrected chi connectivity index (χ1v) is 13.3. The van der Waals surface area contributed by atoms with Crippen LogP contribution in [0.1, 0.15) is 57.0 Å². The van der Waals surface area contributed by atoms with Crippen molar-refractivity contribution in [1.29, 1.82) is 0 Å². The third kappa shape index (κ3) is 5.74. The molecule has 13 heteroatoms. The number of imidazole rings is 1. The molecule has 3 aromatic rings. The summed E-state index contributed by atoms with van der Waals surface area (Å²) in [4.78, 5) is 46.8. The lowest BCUT2D eigenvalue weighted by Crippen LogP contribution is -2.22. The number of thiazole rings is 1. The SMILES string of the molecule is Cc1ccc(NC(=O)Nc2ncc(CS(=O)(=O)c3nc(C(=O)O)c[nH]3)s2)c(C(=O)C2CCCC2)c1. The van der Waals surface area contributed by atoms with Crippen molar-refractivity contribution in [3.63, 3.8) is 0 Å². The predicted molar refractivity (Wildman–Crippen MR) is 129 cm³/mol. The Morgan fingerprint density at radius 3 is 2.63 bits per heavy atom. The molecule has 2 amide bonds. The van der Waals surface area contributed by atoms with Crippen LogP contribution in [0.25, 0.3) is 0 Å². The van der Waals surface area contributed by atoms with Crippen molar-refractivity contribution < 1.29 is 27.9 Å². The van der Waals surface area contributed by atoms with E-state index in [0.29, 0.717) is 16.1 Å². The Balaban J connectivity index is 1.42. The Labute approximate surface area is 204 Å². The number of ketones is 1. The zero-order chi connectivity index (χ0) is 25.2. The third-order valence-corrected chi connectivity index (χ3v) is 8.17. The zero-order valence-electron chi connectivity index (χ0n) is 18.7. The summed E-state index contributed by atoms with van der Waals surface area (Å²) in [6.45, 7) is 1.88. The predicted octanol–water partition coefficient (Wildman–Crippen LogP) is 3.86. The van der Waals surface area contributed by atoms with Crippen LogP contribution in [0.2, 0.25) is 0 Å². The van der Waals surface area contributed by atoms with Crippen molar-refractivity contribution in [3.05, 3.63) is 52.3 Å². The zero-order valence-corrected chi connectivity index (χ0v) is 20.3. The number of H-pyrrole nitrogens is 1. The van der Waals surface area contributed by atoms with Gasteiger partial charge in [-0.2, -0.15) is 0 Å². The Hall–Kier alpha value is -3.58. The average molecular weight is 518 g/mol. The van der Waals surface area contributed by atoms with Crippen LogP contribution >= 0.6 is 11.3 Å². The number of urea groups is 1. The van der Waals surface area contributed by atoms with E-state index in [9.17, 15) is 22.8 Å². The first kappa shape index (κ1) is 24.5. The fraction of sp³-hybridized carbons (Fsp3) is 0.318. The van der Waals surface area contributed by atoms with E-state index in [-0.39, 0.29) is 16.8 Å². The molecule has 35 heavy (non-hydrogen) atoms. The molecule has 184 valence electrons. The van der Waals surface area contributed by atoms with Gasteiger partial charge in [0.1, 0.15) is 0 Å². The number of nitrogens with one attached hydrogen (secondary N) is 3. The number of nitrogens with zero attached hydrogens (tertiary/aromatic N) is 2. The van der Waals surface area contributed by atoms with E-state index in [0.717, 1.165) is 48.8 Å². The van der Waals surface area contributed by atoms with Gasteiger partial charge in [0.15, 0.2) is 16.6 Å². The van der Waals surface area contributed by atoms with Gasteiger partial charge in [-0.3, -0.25) is 10.1 Å². The lowest BCUT2D eigenvalue weighted by atomic mass is 9.94. The van der Waals surface area contributed by atoms with Gasteiger partial charge in [0.05, 0.1) is 11.4 Å². The van der Waals surface area contributed by atoms with Gasteiger partial charge in [-0.1, -0.05) is 24.5 Å². The summed E-state index contributed by atoms with van der Waals surface area (Å²) in [6.07, 6.45) is 6.04. The number of aromatic amines is 1. The van der Waals surface area contributed by atoms with Gasteiger partial charge in [0.25, 0.3) is 0 Å². The van der Waals surface area contributed by atoms with Crippen LogP contribution in [0.4, 0.5) is 15.6 Å². The summed E-state index contributed by atoms with van der Waals surface area (Å²) in [6, 6.07) is 4.64. The second kappa shape index (κ2) is 9.96. The highest BCUT2D eigenvalue weighted by atomic mass is 32.2. The van der Waals surface area contributed by atoms with Gasteiger partial charge in [0, 0.05) is 28.8 Å². The molecule has 4 N–H and O–H groups in total. The molecule has 0 atom stereocenters. The Kier molecular flexibility index (Phi) is 6.98. The molecule has 0 unspecified atom stereocenters. The highest BCUT2D eigenvalue weighted by Gasteiger charge is 2.26. The van der Waals surface area contributed by atoms with E-state index in [1.807, 2.05) is 6.92 Å². The number of aryl methyl sites for hydroxylation is 1. The molecule has 0 saturated heterocycles. The van der Waals surface area contributed by atoms with Crippen molar-refractivity contribution in [2.75, 3.05) is 10.6 Å².